The van der Waals surface area contributed by atoms with Gasteiger partial charge >= 0.3 is 0 Å². The van der Waals surface area contributed by atoms with Crippen molar-refractivity contribution < 1.29 is 43.4 Å². The Balaban J connectivity index is 1.57. The molecule has 3 heterocycles. The summed E-state index contributed by atoms with van der Waals surface area (Å²) < 4.78 is 33.0. The predicted octanol–water partition coefficient (Wildman–Crippen LogP) is 1.18. The average molecular weight is 459 g/mol. The monoisotopic (exact) mass is 459 g/mol. The number of fused-ring (bicyclic) bond motifs is 3. The van der Waals surface area contributed by atoms with Gasteiger partial charge in [0.1, 0.15) is 32.2 Å². The van der Waals surface area contributed by atoms with Gasteiger partial charge in [0.05, 0.1) is 25.5 Å². The number of phenols is 1. The van der Waals surface area contributed by atoms with Gasteiger partial charge in [-0.2, -0.15) is 0 Å². The summed E-state index contributed by atoms with van der Waals surface area (Å²) in [5.41, 5.74) is -1.44. The van der Waals surface area contributed by atoms with E-state index in [0.29, 0.717) is 68.3 Å². The number of anilines is 1. The lowest BCUT2D eigenvalue weighted by atomic mass is 9.86. The van der Waals surface area contributed by atoms with Crippen molar-refractivity contribution in [2.24, 2.45) is 0 Å². The van der Waals surface area contributed by atoms with Crippen molar-refractivity contribution in [3.63, 3.8) is 0 Å². The van der Waals surface area contributed by atoms with Crippen molar-refractivity contribution in [1.82, 2.24) is 0 Å². The van der Waals surface area contributed by atoms with Crippen molar-refractivity contribution in [3.8, 4) is 28.7 Å². The van der Waals surface area contributed by atoms with E-state index in [-0.39, 0.29) is 30.0 Å². The zero-order valence-corrected chi connectivity index (χ0v) is 18.2. The zero-order valence-electron chi connectivity index (χ0n) is 18.2. The number of hydrogen-bond acceptors (Lipinski definition) is 9. The summed E-state index contributed by atoms with van der Waals surface area (Å²) in [5.74, 6) is 0.685. The van der Waals surface area contributed by atoms with Crippen LogP contribution in [0, 0.1) is 0 Å². The lowest BCUT2D eigenvalue weighted by Gasteiger charge is -2.27. The molecule has 0 aliphatic carbocycles. The first-order chi connectivity index (χ1) is 16.0. The second-order valence-electron chi connectivity index (χ2n) is 7.80. The SMILES string of the molecule is COCCOCCN1C(=O)C(O)(c2cc3c(cc2O)OCCO3)c2cc3c(cc21)OCCO3. The minimum atomic E-state index is -2.17. The summed E-state index contributed by atoms with van der Waals surface area (Å²) in [6, 6.07) is 6.05. The summed E-state index contributed by atoms with van der Waals surface area (Å²) in [7, 11) is 1.58. The zero-order chi connectivity index (χ0) is 23.0. The van der Waals surface area contributed by atoms with Gasteiger partial charge in [-0.1, -0.05) is 0 Å². The van der Waals surface area contributed by atoms with Crippen molar-refractivity contribution in [1.29, 1.82) is 0 Å². The van der Waals surface area contributed by atoms with Crippen LogP contribution in [0.25, 0.3) is 0 Å². The van der Waals surface area contributed by atoms with Crippen LogP contribution in [0.5, 0.6) is 28.7 Å². The maximum Gasteiger partial charge on any atom is 0.268 e. The fourth-order valence-corrected chi connectivity index (χ4v) is 4.26. The Hall–Kier alpha value is -3.21. The Morgan fingerprint density at radius 1 is 0.879 bits per heavy atom. The highest BCUT2D eigenvalue weighted by atomic mass is 16.6. The van der Waals surface area contributed by atoms with Gasteiger partial charge in [0, 0.05) is 36.9 Å². The van der Waals surface area contributed by atoms with Crippen LogP contribution in [-0.2, 0) is 19.9 Å². The topological polar surface area (TPSA) is 116 Å². The first-order valence-electron chi connectivity index (χ1n) is 10.7. The number of aliphatic hydroxyl groups is 1. The third-order valence-corrected chi connectivity index (χ3v) is 5.84. The van der Waals surface area contributed by atoms with Crippen LogP contribution >= 0.6 is 0 Å². The smallest absolute Gasteiger partial charge is 0.268 e. The summed E-state index contributed by atoms with van der Waals surface area (Å²) in [4.78, 5) is 15.1. The highest BCUT2D eigenvalue weighted by Crippen LogP contribution is 2.52. The molecule has 2 aromatic carbocycles. The second kappa shape index (κ2) is 8.62. The number of amides is 1. The fourth-order valence-electron chi connectivity index (χ4n) is 4.26. The molecule has 176 valence electrons. The molecule has 10 nitrogen and oxygen atoms in total. The number of nitrogens with zero attached hydrogens (tertiary/aromatic N) is 1. The summed E-state index contributed by atoms with van der Waals surface area (Å²) in [5, 5.41) is 22.6. The molecular formula is C23H25NO9. The maximum atomic E-state index is 13.7. The molecule has 10 heteroatoms. The number of carbonyl (C=O) groups excluding carboxylic acids is 1. The molecule has 3 aliphatic heterocycles. The van der Waals surface area contributed by atoms with Crippen LogP contribution < -0.4 is 23.8 Å². The summed E-state index contributed by atoms with van der Waals surface area (Å²) >= 11 is 0. The average Bonchev–Trinajstić information content (AvgIpc) is 3.04. The predicted molar refractivity (Wildman–Crippen MR) is 115 cm³/mol. The number of phenolic OH excluding ortho intramolecular Hbond substituents is 1. The van der Waals surface area contributed by atoms with Crippen molar-refractivity contribution in [2.45, 2.75) is 5.60 Å². The molecule has 1 atom stereocenters. The van der Waals surface area contributed by atoms with Crippen molar-refractivity contribution in [2.75, 3.05) is 64.8 Å². The molecule has 0 bridgehead atoms. The third kappa shape index (κ3) is 3.60. The standard InChI is InChI=1S/C23H25NO9/c1-28-4-5-29-3-2-24-16-12-20-18(30-6-8-32-20)10-14(16)23(27,22(24)26)15-11-19-21(13-17(15)25)33-9-7-31-19/h10-13,25,27H,2-9H2,1H3. The number of methoxy groups -OCH3 is 1. The van der Waals surface area contributed by atoms with Crippen LogP contribution in [-0.4, -0.2) is 76.0 Å². The molecule has 5 rings (SSSR count). The van der Waals surface area contributed by atoms with Gasteiger partial charge in [0.2, 0.25) is 5.60 Å². The van der Waals surface area contributed by atoms with Gasteiger partial charge < -0.3 is 43.5 Å². The van der Waals surface area contributed by atoms with Gasteiger partial charge in [0.25, 0.3) is 5.91 Å². The third-order valence-electron chi connectivity index (χ3n) is 5.84. The molecule has 0 saturated carbocycles. The van der Waals surface area contributed by atoms with E-state index in [4.69, 9.17) is 28.4 Å². The van der Waals surface area contributed by atoms with Crippen molar-refractivity contribution in [3.05, 3.63) is 35.4 Å². The molecule has 0 saturated heterocycles. The number of ether oxygens (including phenoxy) is 6. The van der Waals surface area contributed by atoms with E-state index in [0.717, 1.165) is 0 Å². The van der Waals surface area contributed by atoms with E-state index in [1.165, 1.54) is 17.0 Å². The molecule has 2 N–H and O–H groups in total. The van der Waals surface area contributed by atoms with E-state index in [1.54, 1.807) is 19.2 Å². The summed E-state index contributed by atoms with van der Waals surface area (Å²) in [6.45, 7) is 2.62. The largest absolute Gasteiger partial charge is 0.507 e. The lowest BCUT2D eigenvalue weighted by molar-refractivity contribution is -0.132. The Morgan fingerprint density at radius 3 is 2.09 bits per heavy atom. The van der Waals surface area contributed by atoms with Gasteiger partial charge in [-0.25, -0.2) is 0 Å². The van der Waals surface area contributed by atoms with E-state index >= 15 is 0 Å². The van der Waals surface area contributed by atoms with E-state index in [2.05, 4.69) is 0 Å². The van der Waals surface area contributed by atoms with Gasteiger partial charge in [0.15, 0.2) is 23.0 Å². The molecule has 1 amide bonds. The minimum absolute atomic E-state index is 0.00233. The van der Waals surface area contributed by atoms with Crippen LogP contribution in [0.1, 0.15) is 11.1 Å². The fraction of sp³-hybridized carbons (Fsp3) is 0.435. The quantitative estimate of drug-likeness (QED) is 0.589. The molecule has 3 aliphatic rings. The summed E-state index contributed by atoms with van der Waals surface area (Å²) in [6.07, 6.45) is 0. The number of benzene rings is 2. The highest BCUT2D eigenvalue weighted by molar-refractivity contribution is 6.10. The van der Waals surface area contributed by atoms with Crippen LogP contribution in [0.15, 0.2) is 24.3 Å². The molecular weight excluding hydrogens is 434 g/mol. The van der Waals surface area contributed by atoms with Gasteiger partial charge in [-0.05, 0) is 12.1 Å². The Kier molecular flexibility index (Phi) is 5.65. The number of hydrogen-bond donors (Lipinski definition) is 2. The maximum absolute atomic E-state index is 13.7. The van der Waals surface area contributed by atoms with Crippen LogP contribution in [0.3, 0.4) is 0 Å². The van der Waals surface area contributed by atoms with Crippen LogP contribution in [0.2, 0.25) is 0 Å². The van der Waals surface area contributed by atoms with Crippen molar-refractivity contribution >= 4 is 11.6 Å². The van der Waals surface area contributed by atoms with E-state index in [9.17, 15) is 15.0 Å². The van der Waals surface area contributed by atoms with Gasteiger partial charge in [-0.15, -0.1) is 0 Å². The molecule has 0 radical (unpaired) electrons. The lowest BCUT2D eigenvalue weighted by Crippen LogP contribution is -2.42. The Morgan fingerprint density at radius 2 is 1.45 bits per heavy atom. The van der Waals surface area contributed by atoms with E-state index in [1.807, 2.05) is 0 Å². The number of aromatic hydroxyl groups is 1. The molecule has 0 spiro atoms. The first-order valence-corrected chi connectivity index (χ1v) is 10.7. The van der Waals surface area contributed by atoms with Gasteiger partial charge in [-0.3, -0.25) is 4.79 Å². The highest BCUT2D eigenvalue weighted by Gasteiger charge is 2.53. The normalized spacial score (nSPS) is 20.7. The minimum Gasteiger partial charge on any atom is -0.507 e. The number of rotatable bonds is 7. The van der Waals surface area contributed by atoms with Crippen LogP contribution in [0.4, 0.5) is 5.69 Å². The number of carbonyl (C=O) groups is 1. The molecule has 2 aromatic rings. The Labute approximate surface area is 190 Å². The molecule has 33 heavy (non-hydrogen) atoms. The second-order valence-corrected chi connectivity index (χ2v) is 7.80. The molecule has 0 aromatic heterocycles. The molecule has 1 unspecified atom stereocenters. The first kappa shape index (κ1) is 21.6. The molecule has 0 fully saturated rings. The Bertz CT molecular complexity index is 1070. The van der Waals surface area contributed by atoms with E-state index < -0.39 is 11.5 Å².